The van der Waals surface area contributed by atoms with E-state index in [4.69, 9.17) is 0 Å². The molecule has 150 valence electrons. The van der Waals surface area contributed by atoms with Gasteiger partial charge in [-0.1, -0.05) is 17.7 Å². The molecule has 0 aliphatic rings. The van der Waals surface area contributed by atoms with Crippen LogP contribution < -0.4 is 4.90 Å². The van der Waals surface area contributed by atoms with E-state index in [1.807, 2.05) is 0 Å². The minimum atomic E-state index is -5.85. The van der Waals surface area contributed by atoms with Crippen LogP contribution in [0, 0.1) is 6.92 Å². The Morgan fingerprint density at radius 2 is 0.923 bits per heavy atom. The van der Waals surface area contributed by atoms with E-state index in [2.05, 4.69) is 0 Å². The van der Waals surface area contributed by atoms with Crippen LogP contribution in [0.3, 0.4) is 0 Å². The molecule has 0 spiro atoms. The number of rotatable bonds is 7. The van der Waals surface area contributed by atoms with Crippen molar-refractivity contribution in [3.8, 4) is 0 Å². The molecule has 13 nitrogen and oxygen atoms in total. The molecule has 1 aromatic carbocycles. The van der Waals surface area contributed by atoms with Crippen molar-refractivity contribution in [3.05, 3.63) is 29.8 Å². The van der Waals surface area contributed by atoms with Gasteiger partial charge in [0.2, 0.25) is 11.0 Å². The number of hydrogen-bond donors (Lipinski definition) is 8. The molecular formula is C9H17NO12P4. The predicted octanol–water partition coefficient (Wildman–Crippen LogP) is 0.0794. The molecule has 26 heavy (non-hydrogen) atoms. The zero-order chi connectivity index (χ0) is 20.7. The van der Waals surface area contributed by atoms with Crippen LogP contribution in [0.25, 0.3) is 0 Å². The molecule has 0 atom stereocenters. The van der Waals surface area contributed by atoms with Gasteiger partial charge in [0.25, 0.3) is 0 Å². The van der Waals surface area contributed by atoms with Crippen LogP contribution in [0.4, 0.5) is 5.69 Å². The second-order valence-corrected chi connectivity index (χ2v) is 12.8. The first-order valence-corrected chi connectivity index (χ1v) is 13.2. The lowest BCUT2D eigenvalue weighted by atomic mass is 10.2. The zero-order valence-corrected chi connectivity index (χ0v) is 16.5. The van der Waals surface area contributed by atoms with Crippen molar-refractivity contribution < 1.29 is 57.4 Å². The normalized spacial score (nSPS) is 14.1. The smallest absolute Gasteiger partial charge is 0.323 e. The van der Waals surface area contributed by atoms with Gasteiger partial charge in [0.1, 0.15) is 0 Å². The van der Waals surface area contributed by atoms with Crippen LogP contribution in [0.1, 0.15) is 5.56 Å². The van der Waals surface area contributed by atoms with E-state index in [-0.39, 0.29) is 4.90 Å². The number of nitrogens with zero attached hydrogens (tertiary/aromatic N) is 1. The lowest BCUT2D eigenvalue weighted by molar-refractivity contribution is 0.323. The molecule has 0 aliphatic carbocycles. The van der Waals surface area contributed by atoms with Crippen molar-refractivity contribution >= 4 is 36.1 Å². The molecule has 1 aromatic rings. The van der Waals surface area contributed by atoms with Crippen LogP contribution in [-0.4, -0.2) is 50.2 Å². The van der Waals surface area contributed by atoms with Crippen LogP contribution in [0.2, 0.25) is 0 Å². The molecule has 0 fully saturated rings. The van der Waals surface area contributed by atoms with Crippen molar-refractivity contribution in [2.75, 3.05) is 4.90 Å². The first kappa shape index (κ1) is 23.7. The molecule has 0 bridgehead atoms. The van der Waals surface area contributed by atoms with Crippen molar-refractivity contribution in [1.82, 2.24) is 0 Å². The monoisotopic (exact) mass is 455 g/mol. The van der Waals surface area contributed by atoms with Crippen LogP contribution >= 0.6 is 30.4 Å². The predicted molar refractivity (Wildman–Crippen MR) is 89.4 cm³/mol. The summed E-state index contributed by atoms with van der Waals surface area (Å²) < 4.78 is 46.7. The van der Waals surface area contributed by atoms with Gasteiger partial charge in [-0.05, 0) is 19.1 Å². The Balaban J connectivity index is 3.91. The first-order chi connectivity index (χ1) is 11.4. The fraction of sp³-hybridized carbons (Fsp3) is 0.333. The summed E-state index contributed by atoms with van der Waals surface area (Å²) in [4.78, 5) is 74.5. The third-order valence-electron chi connectivity index (χ3n) is 3.03. The van der Waals surface area contributed by atoms with Gasteiger partial charge >= 0.3 is 30.4 Å². The van der Waals surface area contributed by atoms with Gasteiger partial charge in [-0.15, -0.1) is 0 Å². The van der Waals surface area contributed by atoms with Gasteiger partial charge in [-0.3, -0.25) is 18.3 Å². The van der Waals surface area contributed by atoms with Crippen molar-refractivity contribution in [2.24, 2.45) is 0 Å². The maximum Gasteiger partial charge on any atom is 0.360 e. The van der Waals surface area contributed by atoms with Crippen molar-refractivity contribution in [1.29, 1.82) is 0 Å². The number of anilines is 1. The average molecular weight is 455 g/mol. The molecule has 0 aliphatic heterocycles. The molecule has 1 rings (SSSR count). The fourth-order valence-corrected chi connectivity index (χ4v) is 8.06. The first-order valence-electron chi connectivity index (χ1n) is 6.42. The van der Waals surface area contributed by atoms with Crippen molar-refractivity contribution in [2.45, 2.75) is 18.0 Å². The van der Waals surface area contributed by atoms with Gasteiger partial charge in [0, 0.05) is 5.69 Å². The summed E-state index contributed by atoms with van der Waals surface area (Å²) in [5.41, 5.74) is -6.55. The van der Waals surface area contributed by atoms with Gasteiger partial charge < -0.3 is 44.0 Å². The molecule has 0 amide bonds. The SMILES string of the molecule is Cc1ccc(N(C(P(=O)(O)O)P(=O)(O)O)C(P(=O)(O)O)P(=O)(O)O)cc1. The summed E-state index contributed by atoms with van der Waals surface area (Å²) in [6.45, 7) is 1.56. The molecule has 0 saturated heterocycles. The third kappa shape index (κ3) is 5.81. The van der Waals surface area contributed by atoms with Crippen LogP contribution in [0.5, 0.6) is 0 Å². The largest absolute Gasteiger partial charge is 0.360 e. The maximum atomic E-state index is 11.7. The molecule has 0 unspecified atom stereocenters. The standard InChI is InChI=1S/C9H17NO12P4/c1-6-2-4-7(5-3-6)10(8(23(11,12)13)24(14,15)16)9(25(17,18)19)26(20,21)22/h2-5,8-9H,1H3,(H2,11,12,13)(H2,14,15,16)(H2,17,18,19)(H2,20,21,22). The van der Waals surface area contributed by atoms with Crippen LogP contribution in [-0.2, 0) is 18.3 Å². The van der Waals surface area contributed by atoms with E-state index in [0.717, 1.165) is 12.1 Å². The minimum Gasteiger partial charge on any atom is -0.323 e. The molecule has 0 saturated carbocycles. The van der Waals surface area contributed by atoms with Gasteiger partial charge in [0.15, 0.2) is 0 Å². The van der Waals surface area contributed by atoms with E-state index in [1.54, 1.807) is 6.92 Å². The summed E-state index contributed by atoms with van der Waals surface area (Å²) in [6, 6.07) is 4.39. The highest BCUT2D eigenvalue weighted by atomic mass is 31.2. The Morgan fingerprint density at radius 3 is 1.15 bits per heavy atom. The quantitative estimate of drug-likeness (QED) is 0.255. The molecular weight excluding hydrogens is 438 g/mol. The number of hydrogen-bond acceptors (Lipinski definition) is 5. The van der Waals surface area contributed by atoms with E-state index in [1.165, 1.54) is 12.1 Å². The summed E-state index contributed by atoms with van der Waals surface area (Å²) in [7, 11) is -23.4. The van der Waals surface area contributed by atoms with E-state index in [9.17, 15) is 57.4 Å². The maximum absolute atomic E-state index is 11.7. The minimum absolute atomic E-state index is 0.289. The molecule has 17 heteroatoms. The van der Waals surface area contributed by atoms with Gasteiger partial charge in [-0.2, -0.15) is 0 Å². The Morgan fingerprint density at radius 1 is 0.654 bits per heavy atom. The zero-order valence-electron chi connectivity index (χ0n) is 12.9. The Kier molecular flexibility index (Phi) is 6.88. The highest BCUT2D eigenvalue weighted by molar-refractivity contribution is 7.73. The fourth-order valence-electron chi connectivity index (χ4n) is 2.14. The topological polar surface area (TPSA) is 233 Å². The highest BCUT2D eigenvalue weighted by Gasteiger charge is 2.58. The second kappa shape index (κ2) is 7.56. The second-order valence-electron chi connectivity index (χ2n) is 5.29. The lowest BCUT2D eigenvalue weighted by Gasteiger charge is -2.39. The number of benzene rings is 1. The summed E-state index contributed by atoms with van der Waals surface area (Å²) in [5, 5.41) is 0. The third-order valence-corrected chi connectivity index (χ3v) is 10.0. The van der Waals surface area contributed by atoms with Gasteiger partial charge in [0.05, 0.1) is 0 Å². The molecule has 0 radical (unpaired) electrons. The Labute approximate surface area is 146 Å². The Hall–Kier alpha value is -0.380. The van der Waals surface area contributed by atoms with E-state index >= 15 is 0 Å². The Bertz CT molecular complexity index is 739. The summed E-state index contributed by atoms with van der Waals surface area (Å²) >= 11 is 0. The molecule has 0 heterocycles. The molecule has 8 N–H and O–H groups in total. The van der Waals surface area contributed by atoms with E-state index in [0.29, 0.717) is 5.56 Å². The van der Waals surface area contributed by atoms with E-state index < -0.39 is 47.1 Å². The summed E-state index contributed by atoms with van der Waals surface area (Å²) in [6.07, 6.45) is 0. The lowest BCUT2D eigenvalue weighted by Crippen LogP contribution is -2.43. The van der Waals surface area contributed by atoms with Gasteiger partial charge in [-0.25, -0.2) is 0 Å². The average Bonchev–Trinajstić information content (AvgIpc) is 2.31. The highest BCUT2D eigenvalue weighted by Crippen LogP contribution is 2.69. The van der Waals surface area contributed by atoms with Crippen LogP contribution in [0.15, 0.2) is 24.3 Å². The molecule has 0 aromatic heterocycles. The van der Waals surface area contributed by atoms with Crippen molar-refractivity contribution in [3.63, 3.8) is 0 Å². The number of aryl methyl sites for hydroxylation is 1. The summed E-state index contributed by atoms with van der Waals surface area (Å²) in [5.74, 6) is 0.